The van der Waals surface area contributed by atoms with Crippen LogP contribution in [0.5, 0.6) is 5.88 Å². The average molecular weight is 219 g/mol. The van der Waals surface area contributed by atoms with Crippen molar-refractivity contribution in [2.75, 3.05) is 12.8 Å². The topological polar surface area (TPSA) is 48.1 Å². The molecule has 1 rings (SSSR count). The van der Waals surface area contributed by atoms with E-state index in [9.17, 15) is 0 Å². The minimum absolute atomic E-state index is 0. The Morgan fingerprint density at radius 3 is 2.64 bits per heavy atom. The second-order valence-corrected chi connectivity index (χ2v) is 2.09. The van der Waals surface area contributed by atoms with Crippen LogP contribution in [0.3, 0.4) is 0 Å². The summed E-state index contributed by atoms with van der Waals surface area (Å²) in [5.41, 5.74) is 7.09. The third-order valence-electron chi connectivity index (χ3n) is 1.24. The molecule has 0 amide bonds. The van der Waals surface area contributed by atoms with Gasteiger partial charge >= 0.3 is 0 Å². The number of halogens is 1. The van der Waals surface area contributed by atoms with Crippen molar-refractivity contribution in [3.63, 3.8) is 0 Å². The number of nitrogens with zero attached hydrogens (tertiary/aromatic N) is 1. The van der Waals surface area contributed by atoms with Gasteiger partial charge in [-0.05, 0) is 13.0 Å². The fourth-order valence-corrected chi connectivity index (χ4v) is 0.798. The van der Waals surface area contributed by atoms with Crippen molar-refractivity contribution >= 4 is 22.7 Å². The Hall–Kier alpha value is -0.770. The molecule has 1 aromatic heterocycles. The third kappa shape index (κ3) is 2.38. The molecule has 62 valence electrons. The lowest BCUT2D eigenvalue weighted by Crippen LogP contribution is -1.93. The summed E-state index contributed by atoms with van der Waals surface area (Å²) in [6.07, 6.45) is 1.58. The van der Waals surface area contributed by atoms with E-state index in [0.29, 0.717) is 11.6 Å². The lowest BCUT2D eigenvalue weighted by Gasteiger charge is -2.01. The summed E-state index contributed by atoms with van der Waals surface area (Å²) >= 11 is 0. The second kappa shape index (κ2) is 4.18. The molecule has 0 aliphatic rings. The molecule has 1 heterocycles. The van der Waals surface area contributed by atoms with Gasteiger partial charge in [-0.3, -0.25) is 0 Å². The molecule has 0 saturated carbocycles. The summed E-state index contributed by atoms with van der Waals surface area (Å²) in [5, 5.41) is 0. The number of pyridine rings is 1. The number of nitrogens with two attached hydrogens (primary N) is 1. The number of methoxy groups -OCH3 is 1. The zero-order valence-corrected chi connectivity index (χ0v) is 8.21. The van der Waals surface area contributed by atoms with Crippen LogP contribution in [-0.2, 0) is 0 Å². The first-order valence-corrected chi connectivity index (χ1v) is 3.00. The summed E-state index contributed by atoms with van der Waals surface area (Å²) in [7, 11) is 1.59. The molecule has 0 aromatic carbocycles. The van der Waals surface area contributed by atoms with Gasteiger partial charge in [-0.25, -0.2) is 4.98 Å². The van der Waals surface area contributed by atoms with E-state index in [1.54, 1.807) is 13.3 Å². The van der Waals surface area contributed by atoms with E-state index in [-0.39, 0.29) is 17.0 Å². The van der Waals surface area contributed by atoms with E-state index in [0.717, 1.165) is 5.56 Å². The summed E-state index contributed by atoms with van der Waals surface area (Å²) in [6.45, 7) is 1.90. The summed E-state index contributed by atoms with van der Waals surface area (Å²) in [4.78, 5) is 3.95. The number of anilines is 1. The van der Waals surface area contributed by atoms with Crippen LogP contribution >= 0.6 is 17.0 Å². The van der Waals surface area contributed by atoms with Crippen molar-refractivity contribution in [1.82, 2.24) is 4.98 Å². The van der Waals surface area contributed by atoms with Crippen LogP contribution in [-0.4, -0.2) is 12.1 Å². The van der Waals surface area contributed by atoms with E-state index in [1.807, 2.05) is 13.0 Å². The number of hydrogen-bond acceptors (Lipinski definition) is 3. The highest BCUT2D eigenvalue weighted by Gasteiger charge is 1.97. The molecule has 0 fully saturated rings. The Balaban J connectivity index is 0.000001000. The number of aromatic nitrogens is 1. The fourth-order valence-electron chi connectivity index (χ4n) is 0.798. The van der Waals surface area contributed by atoms with Crippen molar-refractivity contribution in [2.45, 2.75) is 6.92 Å². The van der Waals surface area contributed by atoms with Gasteiger partial charge in [0.2, 0.25) is 5.88 Å². The zero-order valence-electron chi connectivity index (χ0n) is 6.50. The summed E-state index contributed by atoms with van der Waals surface area (Å²) < 4.78 is 4.93. The Morgan fingerprint density at radius 1 is 1.55 bits per heavy atom. The molecule has 0 aliphatic carbocycles. The lowest BCUT2D eigenvalue weighted by atomic mass is 10.3. The van der Waals surface area contributed by atoms with Gasteiger partial charge in [0.1, 0.15) is 0 Å². The largest absolute Gasteiger partial charge is 0.481 e. The number of hydrogen-bond donors (Lipinski definition) is 1. The van der Waals surface area contributed by atoms with Crippen molar-refractivity contribution in [3.8, 4) is 5.88 Å². The van der Waals surface area contributed by atoms with Gasteiger partial charge < -0.3 is 10.5 Å². The molecular formula is C7H11BrN2O. The Morgan fingerprint density at radius 2 is 2.18 bits per heavy atom. The molecule has 0 atom stereocenters. The van der Waals surface area contributed by atoms with Crippen LogP contribution in [0.2, 0.25) is 0 Å². The molecule has 11 heavy (non-hydrogen) atoms. The molecule has 1 aromatic rings. The highest BCUT2D eigenvalue weighted by molar-refractivity contribution is 8.93. The van der Waals surface area contributed by atoms with E-state index in [1.165, 1.54) is 0 Å². The Labute approximate surface area is 76.3 Å². The van der Waals surface area contributed by atoms with E-state index in [2.05, 4.69) is 4.98 Å². The Kier molecular flexibility index (Phi) is 3.89. The number of rotatable bonds is 1. The highest BCUT2D eigenvalue weighted by atomic mass is 79.9. The normalized spacial score (nSPS) is 8.55. The minimum Gasteiger partial charge on any atom is -0.481 e. The van der Waals surface area contributed by atoms with Crippen molar-refractivity contribution in [2.24, 2.45) is 0 Å². The minimum atomic E-state index is 0. The number of aryl methyl sites for hydroxylation is 1. The first-order valence-electron chi connectivity index (χ1n) is 3.00. The molecule has 4 heteroatoms. The van der Waals surface area contributed by atoms with Crippen LogP contribution in [0, 0.1) is 6.92 Å². The highest BCUT2D eigenvalue weighted by Crippen LogP contribution is 2.14. The first-order chi connectivity index (χ1) is 4.74. The van der Waals surface area contributed by atoms with E-state index in [4.69, 9.17) is 10.5 Å². The maximum atomic E-state index is 5.46. The van der Waals surface area contributed by atoms with Crippen LogP contribution in [0.4, 0.5) is 5.69 Å². The molecule has 2 N–H and O–H groups in total. The maximum Gasteiger partial charge on any atom is 0.216 e. The summed E-state index contributed by atoms with van der Waals surface area (Å²) in [5.74, 6) is 0.634. The molecule has 0 bridgehead atoms. The molecule has 0 spiro atoms. The van der Waals surface area contributed by atoms with Gasteiger partial charge in [0.25, 0.3) is 0 Å². The number of nitrogen functional groups attached to an aromatic ring is 1. The average Bonchev–Trinajstić information content (AvgIpc) is 1.88. The fraction of sp³-hybridized carbons (Fsp3) is 0.286. The Bertz CT molecular complexity index is 240. The van der Waals surface area contributed by atoms with Gasteiger partial charge in [0.05, 0.1) is 19.0 Å². The standard InChI is InChI=1S/C7H10N2O.BrH/c1-5-3-6(8)4-9-7(5)10-2;/h3-4H,8H2,1-2H3;1H. The van der Waals surface area contributed by atoms with Gasteiger partial charge in [0, 0.05) is 5.56 Å². The van der Waals surface area contributed by atoms with Gasteiger partial charge in [-0.2, -0.15) is 0 Å². The molecule has 0 aliphatic heterocycles. The van der Waals surface area contributed by atoms with Crippen LogP contribution < -0.4 is 10.5 Å². The predicted octanol–water partition coefficient (Wildman–Crippen LogP) is 1.56. The molecule has 0 saturated heterocycles. The zero-order chi connectivity index (χ0) is 7.56. The SMILES string of the molecule is Br.COc1ncc(N)cc1C. The molecule has 3 nitrogen and oxygen atoms in total. The molecular weight excluding hydrogens is 208 g/mol. The van der Waals surface area contributed by atoms with Crippen molar-refractivity contribution in [3.05, 3.63) is 17.8 Å². The lowest BCUT2D eigenvalue weighted by molar-refractivity contribution is 0.395. The number of ether oxygens (including phenoxy) is 1. The van der Waals surface area contributed by atoms with Crippen molar-refractivity contribution < 1.29 is 4.74 Å². The maximum absolute atomic E-state index is 5.46. The van der Waals surface area contributed by atoms with Gasteiger partial charge in [-0.15, -0.1) is 17.0 Å². The van der Waals surface area contributed by atoms with Gasteiger partial charge in [-0.1, -0.05) is 0 Å². The van der Waals surface area contributed by atoms with Crippen LogP contribution in [0.15, 0.2) is 12.3 Å². The van der Waals surface area contributed by atoms with E-state index >= 15 is 0 Å². The predicted molar refractivity (Wildman–Crippen MR) is 50.3 cm³/mol. The van der Waals surface area contributed by atoms with Crippen LogP contribution in [0.25, 0.3) is 0 Å². The smallest absolute Gasteiger partial charge is 0.216 e. The monoisotopic (exact) mass is 218 g/mol. The quantitative estimate of drug-likeness (QED) is 0.779. The van der Waals surface area contributed by atoms with Crippen LogP contribution in [0.1, 0.15) is 5.56 Å². The second-order valence-electron chi connectivity index (χ2n) is 2.09. The van der Waals surface area contributed by atoms with Crippen molar-refractivity contribution in [1.29, 1.82) is 0 Å². The van der Waals surface area contributed by atoms with E-state index < -0.39 is 0 Å². The van der Waals surface area contributed by atoms with Gasteiger partial charge in [0.15, 0.2) is 0 Å². The molecule has 0 radical (unpaired) electrons. The summed E-state index contributed by atoms with van der Waals surface area (Å²) in [6, 6.07) is 1.83. The third-order valence-corrected chi connectivity index (χ3v) is 1.24. The first kappa shape index (κ1) is 10.2. The molecule has 0 unspecified atom stereocenters.